The highest BCUT2D eigenvalue weighted by atomic mass is 35.5. The monoisotopic (exact) mass is 450 g/mol. The second kappa shape index (κ2) is 12.1. The van der Waals surface area contributed by atoms with Crippen LogP contribution in [0.1, 0.15) is 44.4 Å². The lowest BCUT2D eigenvalue weighted by Crippen LogP contribution is -2.04. The summed E-state index contributed by atoms with van der Waals surface area (Å²) < 4.78 is 0. The Labute approximate surface area is 196 Å². The smallest absolute Gasteiger partial charge is 0.300 e. The van der Waals surface area contributed by atoms with E-state index in [1.54, 1.807) is 0 Å². The maximum atomic E-state index is 9.00. The van der Waals surface area contributed by atoms with Crippen molar-refractivity contribution in [1.29, 1.82) is 0 Å². The molecular weight excluding hydrogens is 420 g/mol. The zero-order chi connectivity index (χ0) is 23.7. The standard InChI is InChI=1S/C25H27ClN2.C2H4O2/c1-5-27-23-13-11-19(15-17(23)3)25(21-9-7-8-10-22(21)26)20-12-14-24(28-6-2)18(4)16-20;1-2(3)4/h7-16,27H,5-6H2,1-4H3;1H3,(H,3,4)/b25-20-,28-24?;. The van der Waals surface area contributed by atoms with Gasteiger partial charge in [0.15, 0.2) is 0 Å². The summed E-state index contributed by atoms with van der Waals surface area (Å²) in [6, 6.07) is 14.6. The molecule has 0 saturated heterocycles. The Hall–Kier alpha value is -3.11. The van der Waals surface area contributed by atoms with Gasteiger partial charge >= 0.3 is 0 Å². The predicted molar refractivity (Wildman–Crippen MR) is 137 cm³/mol. The Morgan fingerprint density at radius 3 is 2.34 bits per heavy atom. The molecule has 1 aliphatic carbocycles. The van der Waals surface area contributed by atoms with Crippen molar-refractivity contribution in [1.82, 2.24) is 0 Å². The number of nitrogens with zero attached hydrogens (tertiary/aromatic N) is 1. The highest BCUT2D eigenvalue weighted by Crippen LogP contribution is 2.35. The lowest BCUT2D eigenvalue weighted by Gasteiger charge is -2.18. The lowest BCUT2D eigenvalue weighted by atomic mass is 9.88. The summed E-state index contributed by atoms with van der Waals surface area (Å²) in [7, 11) is 0. The molecule has 0 saturated carbocycles. The summed E-state index contributed by atoms with van der Waals surface area (Å²) in [5, 5.41) is 11.6. The van der Waals surface area contributed by atoms with E-state index in [1.807, 2.05) is 18.2 Å². The number of aliphatic carboxylic acids is 1. The van der Waals surface area contributed by atoms with Crippen molar-refractivity contribution in [3.8, 4) is 0 Å². The van der Waals surface area contributed by atoms with E-state index in [2.05, 4.69) is 80.5 Å². The van der Waals surface area contributed by atoms with E-state index in [1.165, 1.54) is 11.1 Å². The zero-order valence-corrected chi connectivity index (χ0v) is 20.1. The molecule has 3 rings (SSSR count). The predicted octanol–water partition coefficient (Wildman–Crippen LogP) is 6.95. The van der Waals surface area contributed by atoms with E-state index in [9.17, 15) is 0 Å². The Bertz CT molecular complexity index is 1090. The number of aryl methyl sites for hydroxylation is 1. The number of benzene rings is 2. The number of allylic oxidation sites excluding steroid dienone is 5. The first-order valence-electron chi connectivity index (χ1n) is 10.7. The third kappa shape index (κ3) is 6.69. The summed E-state index contributed by atoms with van der Waals surface area (Å²) in [4.78, 5) is 13.6. The van der Waals surface area contributed by atoms with Gasteiger partial charge in [-0.2, -0.15) is 0 Å². The Morgan fingerprint density at radius 2 is 1.78 bits per heavy atom. The van der Waals surface area contributed by atoms with Crippen molar-refractivity contribution in [3.05, 3.63) is 93.6 Å². The van der Waals surface area contributed by atoms with Crippen LogP contribution in [0.3, 0.4) is 0 Å². The van der Waals surface area contributed by atoms with Gasteiger partial charge < -0.3 is 10.4 Å². The molecule has 0 amide bonds. The van der Waals surface area contributed by atoms with Crippen LogP contribution in [0.25, 0.3) is 5.57 Å². The van der Waals surface area contributed by atoms with Crippen LogP contribution in [-0.2, 0) is 4.79 Å². The molecule has 0 radical (unpaired) electrons. The number of aliphatic imine (C=N–C) groups is 1. The second-order valence-electron chi connectivity index (χ2n) is 7.41. The first kappa shape index (κ1) is 25.2. The third-order valence-corrected chi connectivity index (χ3v) is 5.17. The van der Waals surface area contributed by atoms with Crippen molar-refractivity contribution in [2.45, 2.75) is 34.6 Å². The maximum absolute atomic E-state index is 9.00. The fraction of sp³-hybridized carbons (Fsp3) is 0.259. The average Bonchev–Trinajstić information content (AvgIpc) is 2.73. The molecular formula is C27H31ClN2O2. The summed E-state index contributed by atoms with van der Waals surface area (Å²) in [6.07, 6.45) is 6.46. The molecule has 0 atom stereocenters. The normalized spacial score (nSPS) is 15.6. The van der Waals surface area contributed by atoms with Gasteiger partial charge in [-0.3, -0.25) is 9.79 Å². The fourth-order valence-electron chi connectivity index (χ4n) is 3.51. The number of hydrogen-bond acceptors (Lipinski definition) is 3. The second-order valence-corrected chi connectivity index (χ2v) is 7.82. The van der Waals surface area contributed by atoms with Crippen molar-refractivity contribution >= 4 is 34.5 Å². The quantitative estimate of drug-likeness (QED) is 0.518. The minimum atomic E-state index is -0.833. The van der Waals surface area contributed by atoms with Gasteiger partial charge in [-0.25, -0.2) is 0 Å². The van der Waals surface area contributed by atoms with Gasteiger partial charge in [0.2, 0.25) is 0 Å². The molecule has 1 aliphatic rings. The number of anilines is 1. The molecule has 0 aliphatic heterocycles. The van der Waals surface area contributed by atoms with Crippen LogP contribution < -0.4 is 5.32 Å². The van der Waals surface area contributed by atoms with Crippen LogP contribution in [0.5, 0.6) is 0 Å². The van der Waals surface area contributed by atoms with Gasteiger partial charge in [-0.15, -0.1) is 0 Å². The summed E-state index contributed by atoms with van der Waals surface area (Å²) in [5.41, 5.74) is 9.09. The zero-order valence-electron chi connectivity index (χ0n) is 19.4. The summed E-state index contributed by atoms with van der Waals surface area (Å²) in [6.45, 7) is 11.2. The first-order chi connectivity index (χ1) is 15.3. The van der Waals surface area contributed by atoms with E-state index >= 15 is 0 Å². The summed E-state index contributed by atoms with van der Waals surface area (Å²) >= 11 is 6.61. The number of carboxylic acid groups (broad SMARTS) is 1. The van der Waals surface area contributed by atoms with Gasteiger partial charge in [0, 0.05) is 36.3 Å². The molecule has 0 bridgehead atoms. The fourth-order valence-corrected chi connectivity index (χ4v) is 3.74. The van der Waals surface area contributed by atoms with Crippen LogP contribution in [0, 0.1) is 6.92 Å². The molecule has 0 heterocycles. The number of carbonyl (C=O) groups is 1. The molecule has 2 N–H and O–H groups in total. The maximum Gasteiger partial charge on any atom is 0.300 e. The molecule has 2 aromatic carbocycles. The Balaban J connectivity index is 0.000000837. The summed E-state index contributed by atoms with van der Waals surface area (Å²) in [5.74, 6) is -0.833. The highest BCUT2D eigenvalue weighted by Gasteiger charge is 2.16. The molecule has 0 fully saturated rings. The molecule has 5 heteroatoms. The minimum absolute atomic E-state index is 0.755. The largest absolute Gasteiger partial charge is 0.481 e. The first-order valence-corrected chi connectivity index (χ1v) is 11.1. The van der Waals surface area contributed by atoms with Gasteiger partial charge in [-0.1, -0.05) is 41.9 Å². The van der Waals surface area contributed by atoms with Crippen molar-refractivity contribution in [3.63, 3.8) is 0 Å². The Kier molecular flexibility index (Phi) is 9.48. The Morgan fingerprint density at radius 1 is 1.09 bits per heavy atom. The van der Waals surface area contributed by atoms with Crippen LogP contribution in [0.15, 0.2) is 76.8 Å². The van der Waals surface area contributed by atoms with E-state index < -0.39 is 5.97 Å². The molecule has 2 aromatic rings. The van der Waals surface area contributed by atoms with E-state index in [4.69, 9.17) is 21.5 Å². The third-order valence-electron chi connectivity index (χ3n) is 4.84. The average molecular weight is 451 g/mol. The van der Waals surface area contributed by atoms with Crippen LogP contribution in [0.4, 0.5) is 5.69 Å². The molecule has 0 unspecified atom stereocenters. The number of halogens is 1. The van der Waals surface area contributed by atoms with Crippen LogP contribution in [0.2, 0.25) is 5.02 Å². The van der Waals surface area contributed by atoms with Crippen LogP contribution in [-0.4, -0.2) is 29.9 Å². The van der Waals surface area contributed by atoms with E-state index in [-0.39, 0.29) is 0 Å². The van der Waals surface area contributed by atoms with E-state index in [0.717, 1.165) is 58.7 Å². The van der Waals surface area contributed by atoms with E-state index in [0.29, 0.717) is 0 Å². The number of rotatable bonds is 5. The van der Waals surface area contributed by atoms with Gasteiger partial charge in [0.1, 0.15) is 0 Å². The van der Waals surface area contributed by atoms with Gasteiger partial charge in [-0.05, 0) is 85.9 Å². The highest BCUT2D eigenvalue weighted by molar-refractivity contribution is 6.32. The van der Waals surface area contributed by atoms with Crippen LogP contribution >= 0.6 is 11.6 Å². The number of nitrogens with one attached hydrogen (secondary N) is 1. The minimum Gasteiger partial charge on any atom is -0.481 e. The van der Waals surface area contributed by atoms with Crippen molar-refractivity contribution in [2.24, 2.45) is 4.99 Å². The lowest BCUT2D eigenvalue weighted by molar-refractivity contribution is -0.134. The SMILES string of the molecule is CC(=O)O.CCN=C1C=C/C(=C(\c2ccc(NCC)c(C)c2)c2ccccc2Cl)C=C1C. The molecule has 168 valence electrons. The van der Waals surface area contributed by atoms with Gasteiger partial charge in [0.05, 0.1) is 5.71 Å². The van der Waals surface area contributed by atoms with Crippen molar-refractivity contribution < 1.29 is 9.90 Å². The molecule has 0 aromatic heterocycles. The molecule has 0 spiro atoms. The van der Waals surface area contributed by atoms with Crippen molar-refractivity contribution in [2.75, 3.05) is 18.4 Å². The molecule has 32 heavy (non-hydrogen) atoms. The number of carboxylic acids is 1. The van der Waals surface area contributed by atoms with Gasteiger partial charge in [0.25, 0.3) is 5.97 Å². The molecule has 4 nitrogen and oxygen atoms in total. The topological polar surface area (TPSA) is 61.7 Å². The number of hydrogen-bond donors (Lipinski definition) is 2.